The minimum absolute atomic E-state index is 0.359. The van der Waals surface area contributed by atoms with Crippen molar-refractivity contribution >= 4 is 11.9 Å². The van der Waals surface area contributed by atoms with Crippen LogP contribution < -0.4 is 0 Å². The summed E-state index contributed by atoms with van der Waals surface area (Å²) in [5, 5.41) is 24.0. The number of unbranched alkanes of at least 4 members (excludes halogenated alkanes) is 11. The van der Waals surface area contributed by atoms with Crippen LogP contribution in [0.2, 0.25) is 0 Å². The summed E-state index contributed by atoms with van der Waals surface area (Å²) in [4.78, 5) is 21.7. The van der Waals surface area contributed by atoms with Crippen molar-refractivity contribution in [3.8, 4) is 0 Å². The average Bonchev–Trinajstić information content (AvgIpc) is 2.70. The van der Waals surface area contributed by atoms with E-state index in [9.17, 15) is 9.59 Å². The van der Waals surface area contributed by atoms with E-state index < -0.39 is 18.0 Å². The Morgan fingerprint density at radius 3 is 1.66 bits per heavy atom. The number of carbonyl (C=O) groups excluding carboxylic acids is 2. The van der Waals surface area contributed by atoms with Crippen LogP contribution in [0.4, 0.5) is 0 Å². The van der Waals surface area contributed by atoms with E-state index in [0.29, 0.717) is 6.42 Å². The van der Waals surface area contributed by atoms with Gasteiger partial charge < -0.3 is 20.1 Å². The number of hydrogen-bond donors (Lipinski definition) is 3. The van der Waals surface area contributed by atoms with Crippen LogP contribution in [0.1, 0.15) is 104 Å². The zero-order valence-electron chi connectivity index (χ0n) is 18.6. The summed E-state index contributed by atoms with van der Waals surface area (Å²) in [6.45, 7) is 2.79. The van der Waals surface area contributed by atoms with Crippen molar-refractivity contribution in [1.82, 2.24) is 0 Å². The summed E-state index contributed by atoms with van der Waals surface area (Å²) in [6.07, 6.45) is 20.1. The number of aliphatic hydroxyl groups excluding tert-OH is 3. The number of hydrogen-bond acceptors (Lipinski definition) is 6. The maximum atomic E-state index is 11.1. The standard InChI is InChI=1S/C20H36O3.C3H8O3/c1-3-4-5-6-7-8-9-10-11-12-13-14-15-16-17-18-20(22)23-19(2)21;4-1-3(6)2-5/h10-11H,3-9,12-18H2,1-2H3;3-6H,1-2H2/b11-10-;. The third-order valence-corrected chi connectivity index (χ3v) is 4.32. The van der Waals surface area contributed by atoms with E-state index in [4.69, 9.17) is 15.3 Å². The summed E-state index contributed by atoms with van der Waals surface area (Å²) in [7, 11) is 0. The fourth-order valence-electron chi connectivity index (χ4n) is 2.61. The van der Waals surface area contributed by atoms with Crippen molar-refractivity contribution in [1.29, 1.82) is 0 Å². The van der Waals surface area contributed by atoms with Gasteiger partial charge in [0.05, 0.1) is 13.2 Å². The van der Waals surface area contributed by atoms with Crippen molar-refractivity contribution in [2.45, 2.75) is 110 Å². The van der Waals surface area contributed by atoms with E-state index in [0.717, 1.165) is 19.3 Å². The zero-order chi connectivity index (χ0) is 22.2. The molecule has 0 fully saturated rings. The zero-order valence-corrected chi connectivity index (χ0v) is 18.6. The van der Waals surface area contributed by atoms with E-state index >= 15 is 0 Å². The van der Waals surface area contributed by atoms with Gasteiger partial charge in [0.2, 0.25) is 0 Å². The summed E-state index contributed by atoms with van der Waals surface area (Å²) in [6, 6.07) is 0. The van der Waals surface area contributed by atoms with Crippen LogP contribution in [0.5, 0.6) is 0 Å². The maximum Gasteiger partial charge on any atom is 0.313 e. The molecule has 6 heteroatoms. The second kappa shape index (κ2) is 24.8. The largest absolute Gasteiger partial charge is 0.394 e. The molecule has 3 N–H and O–H groups in total. The van der Waals surface area contributed by atoms with Gasteiger partial charge in [-0.05, 0) is 32.1 Å². The Kier molecular flexibility index (Phi) is 25.6. The molecule has 0 aliphatic rings. The van der Waals surface area contributed by atoms with Crippen LogP contribution in [0, 0.1) is 0 Å². The quantitative estimate of drug-likeness (QED) is 0.140. The second-order valence-electron chi connectivity index (χ2n) is 7.32. The third kappa shape index (κ3) is 29.1. The lowest BCUT2D eigenvalue weighted by molar-refractivity contribution is -0.158. The molecule has 29 heavy (non-hydrogen) atoms. The highest BCUT2D eigenvalue weighted by Gasteiger charge is 2.04. The van der Waals surface area contributed by atoms with E-state index in [1.807, 2.05) is 0 Å². The first-order valence-corrected chi connectivity index (χ1v) is 11.2. The van der Waals surface area contributed by atoms with Gasteiger partial charge in [-0.15, -0.1) is 0 Å². The van der Waals surface area contributed by atoms with Crippen LogP contribution >= 0.6 is 0 Å². The summed E-state index contributed by atoms with van der Waals surface area (Å²) >= 11 is 0. The molecule has 0 aromatic heterocycles. The predicted octanol–water partition coefficient (Wildman–Crippen LogP) is 4.45. The monoisotopic (exact) mass is 416 g/mol. The van der Waals surface area contributed by atoms with Gasteiger partial charge in [0, 0.05) is 13.3 Å². The molecule has 172 valence electrons. The van der Waals surface area contributed by atoms with E-state index in [2.05, 4.69) is 23.8 Å². The lowest BCUT2D eigenvalue weighted by atomic mass is 10.1. The number of rotatable bonds is 17. The Morgan fingerprint density at radius 2 is 1.24 bits per heavy atom. The highest BCUT2D eigenvalue weighted by molar-refractivity contribution is 5.83. The van der Waals surface area contributed by atoms with Crippen LogP contribution in [-0.2, 0) is 14.3 Å². The Labute approximate surface area is 177 Å². The molecular formula is C23H44O6. The first kappa shape index (κ1) is 30.0. The van der Waals surface area contributed by atoms with E-state index in [1.54, 1.807) is 0 Å². The molecule has 0 heterocycles. The topological polar surface area (TPSA) is 104 Å². The van der Waals surface area contributed by atoms with E-state index in [-0.39, 0.29) is 13.2 Å². The highest BCUT2D eigenvalue weighted by Crippen LogP contribution is 2.10. The van der Waals surface area contributed by atoms with Gasteiger partial charge in [-0.25, -0.2) is 0 Å². The normalized spacial score (nSPS) is 10.8. The van der Waals surface area contributed by atoms with Crippen molar-refractivity contribution in [2.75, 3.05) is 13.2 Å². The number of aliphatic hydroxyl groups is 3. The first-order chi connectivity index (χ1) is 14.0. The lowest BCUT2D eigenvalue weighted by Crippen LogP contribution is -2.15. The van der Waals surface area contributed by atoms with Crippen LogP contribution in [0.25, 0.3) is 0 Å². The van der Waals surface area contributed by atoms with Crippen molar-refractivity contribution in [3.63, 3.8) is 0 Å². The number of carbonyl (C=O) groups is 2. The maximum absolute atomic E-state index is 11.1. The minimum Gasteiger partial charge on any atom is -0.394 e. The summed E-state index contributed by atoms with van der Waals surface area (Å²) < 4.78 is 4.48. The number of ether oxygens (including phenoxy) is 1. The molecule has 0 saturated heterocycles. The first-order valence-electron chi connectivity index (χ1n) is 11.2. The summed E-state index contributed by atoms with van der Waals surface area (Å²) in [5.41, 5.74) is 0. The molecule has 0 aromatic carbocycles. The van der Waals surface area contributed by atoms with Crippen molar-refractivity contribution in [3.05, 3.63) is 12.2 Å². The molecule has 0 radical (unpaired) electrons. The molecule has 0 unspecified atom stereocenters. The average molecular weight is 417 g/mol. The molecule has 0 aliphatic heterocycles. The second-order valence-corrected chi connectivity index (χ2v) is 7.32. The molecule has 0 aliphatic carbocycles. The molecule has 0 aromatic rings. The van der Waals surface area contributed by atoms with Gasteiger partial charge in [0.1, 0.15) is 6.10 Å². The molecule has 0 amide bonds. The molecule has 0 spiro atoms. The SMILES string of the molecule is CCCCCCCC/C=C\CCCCCCCC(=O)OC(C)=O.OCC(O)CO. The Bertz CT molecular complexity index is 391. The Balaban J connectivity index is 0. The van der Waals surface area contributed by atoms with Gasteiger partial charge in [0.25, 0.3) is 0 Å². The molecule has 0 rings (SSSR count). The van der Waals surface area contributed by atoms with Gasteiger partial charge in [-0.3, -0.25) is 9.59 Å². The fourth-order valence-corrected chi connectivity index (χ4v) is 2.61. The Morgan fingerprint density at radius 1 is 0.793 bits per heavy atom. The molecule has 0 atom stereocenters. The van der Waals surface area contributed by atoms with Gasteiger partial charge in [-0.1, -0.05) is 70.4 Å². The molecule has 6 nitrogen and oxygen atoms in total. The van der Waals surface area contributed by atoms with Gasteiger partial charge in [-0.2, -0.15) is 0 Å². The third-order valence-electron chi connectivity index (χ3n) is 4.32. The van der Waals surface area contributed by atoms with Gasteiger partial charge >= 0.3 is 11.9 Å². The molecule has 0 saturated carbocycles. The Hall–Kier alpha value is -1.24. The fraction of sp³-hybridized carbons (Fsp3) is 0.826. The number of esters is 2. The van der Waals surface area contributed by atoms with Crippen LogP contribution in [-0.4, -0.2) is 46.6 Å². The predicted molar refractivity (Wildman–Crippen MR) is 116 cm³/mol. The summed E-state index contributed by atoms with van der Waals surface area (Å²) in [5.74, 6) is -0.905. The van der Waals surface area contributed by atoms with Gasteiger partial charge in [0.15, 0.2) is 0 Å². The van der Waals surface area contributed by atoms with Crippen LogP contribution in [0.3, 0.4) is 0 Å². The van der Waals surface area contributed by atoms with E-state index in [1.165, 1.54) is 71.1 Å². The molecule has 0 bridgehead atoms. The number of allylic oxidation sites excluding steroid dienone is 2. The molecular weight excluding hydrogens is 372 g/mol. The smallest absolute Gasteiger partial charge is 0.313 e. The van der Waals surface area contributed by atoms with Crippen molar-refractivity contribution in [2.24, 2.45) is 0 Å². The van der Waals surface area contributed by atoms with Crippen molar-refractivity contribution < 1.29 is 29.6 Å². The van der Waals surface area contributed by atoms with Crippen LogP contribution in [0.15, 0.2) is 12.2 Å². The lowest BCUT2D eigenvalue weighted by Gasteiger charge is -2.01. The minimum atomic E-state index is -0.954. The highest BCUT2D eigenvalue weighted by atomic mass is 16.6.